The summed E-state index contributed by atoms with van der Waals surface area (Å²) in [6.45, 7) is 1.97. The third kappa shape index (κ3) is 4.51. The van der Waals surface area contributed by atoms with Gasteiger partial charge in [-0.15, -0.1) is 10.2 Å². The SMILES string of the molecule is Cc1nnc(NC(=O)CCN2C(=O)/C(=C\c3ccc(F)cc3)SC2=S)s1. The number of thiocarbonyl (C=S) groups is 1. The van der Waals surface area contributed by atoms with Gasteiger partial charge in [0.05, 0.1) is 4.91 Å². The highest BCUT2D eigenvalue weighted by molar-refractivity contribution is 8.26. The van der Waals surface area contributed by atoms with Gasteiger partial charge in [-0.2, -0.15) is 0 Å². The van der Waals surface area contributed by atoms with E-state index in [0.29, 0.717) is 19.9 Å². The maximum absolute atomic E-state index is 13.0. The number of benzene rings is 1. The van der Waals surface area contributed by atoms with Gasteiger partial charge in [0.1, 0.15) is 15.1 Å². The Morgan fingerprint density at radius 3 is 2.73 bits per heavy atom. The van der Waals surface area contributed by atoms with Crippen LogP contribution in [0, 0.1) is 12.7 Å². The summed E-state index contributed by atoms with van der Waals surface area (Å²) in [6, 6.07) is 5.82. The highest BCUT2D eigenvalue weighted by atomic mass is 32.2. The molecule has 0 aliphatic carbocycles. The number of hydrogen-bond acceptors (Lipinski definition) is 7. The van der Waals surface area contributed by atoms with E-state index in [0.717, 1.165) is 16.8 Å². The molecular weight excluding hydrogens is 395 g/mol. The first kappa shape index (κ1) is 18.6. The van der Waals surface area contributed by atoms with Gasteiger partial charge in [-0.05, 0) is 30.7 Å². The number of carbonyl (C=O) groups is 2. The van der Waals surface area contributed by atoms with E-state index in [1.165, 1.54) is 28.4 Å². The van der Waals surface area contributed by atoms with Gasteiger partial charge in [-0.25, -0.2) is 4.39 Å². The predicted octanol–water partition coefficient (Wildman–Crippen LogP) is 3.22. The zero-order valence-electron chi connectivity index (χ0n) is 13.6. The summed E-state index contributed by atoms with van der Waals surface area (Å²) in [7, 11) is 0. The lowest BCUT2D eigenvalue weighted by Gasteiger charge is -2.13. The molecule has 1 aliphatic heterocycles. The van der Waals surface area contributed by atoms with Crippen LogP contribution >= 0.6 is 35.3 Å². The third-order valence-corrected chi connectivity index (χ3v) is 5.51. The molecule has 0 saturated carbocycles. The minimum atomic E-state index is -0.341. The Labute approximate surface area is 162 Å². The van der Waals surface area contributed by atoms with E-state index >= 15 is 0 Å². The topological polar surface area (TPSA) is 75.2 Å². The van der Waals surface area contributed by atoms with Gasteiger partial charge in [-0.3, -0.25) is 14.5 Å². The van der Waals surface area contributed by atoms with E-state index in [1.54, 1.807) is 25.1 Å². The van der Waals surface area contributed by atoms with Gasteiger partial charge >= 0.3 is 0 Å². The molecule has 1 saturated heterocycles. The Bertz CT molecular complexity index is 895. The molecule has 0 atom stereocenters. The molecule has 0 bridgehead atoms. The summed E-state index contributed by atoms with van der Waals surface area (Å²) in [5.41, 5.74) is 0.705. The van der Waals surface area contributed by atoms with E-state index in [4.69, 9.17) is 12.2 Å². The first-order valence-corrected chi connectivity index (χ1v) is 9.57. The number of thioether (sulfide) groups is 1. The molecule has 1 N–H and O–H groups in total. The van der Waals surface area contributed by atoms with Crippen molar-refractivity contribution in [3.63, 3.8) is 0 Å². The van der Waals surface area contributed by atoms with Gasteiger partial charge in [0.15, 0.2) is 0 Å². The Balaban J connectivity index is 1.60. The summed E-state index contributed by atoms with van der Waals surface area (Å²) >= 11 is 7.67. The number of rotatable bonds is 5. The fourth-order valence-electron chi connectivity index (χ4n) is 2.15. The standard InChI is InChI=1S/C16H13FN4O2S3/c1-9-19-20-15(25-9)18-13(22)6-7-21-14(23)12(26-16(21)24)8-10-2-4-11(17)5-3-10/h2-5,8H,6-7H2,1H3,(H,18,20,22)/b12-8+. The number of anilines is 1. The minimum absolute atomic E-state index is 0.0922. The monoisotopic (exact) mass is 408 g/mol. The molecule has 2 aromatic rings. The lowest BCUT2D eigenvalue weighted by atomic mass is 10.2. The molecule has 1 aromatic carbocycles. The molecule has 10 heteroatoms. The Morgan fingerprint density at radius 2 is 2.08 bits per heavy atom. The van der Waals surface area contributed by atoms with Crippen molar-refractivity contribution in [1.82, 2.24) is 15.1 Å². The Hall–Kier alpha value is -2.17. The van der Waals surface area contributed by atoms with Crippen LogP contribution in [-0.4, -0.2) is 37.8 Å². The molecule has 1 aliphatic rings. The van der Waals surface area contributed by atoms with Crippen molar-refractivity contribution in [1.29, 1.82) is 0 Å². The summed E-state index contributed by atoms with van der Waals surface area (Å²) in [5.74, 6) is -0.868. The number of nitrogens with one attached hydrogen (secondary N) is 1. The van der Waals surface area contributed by atoms with Crippen molar-refractivity contribution in [3.05, 3.63) is 45.6 Å². The fraction of sp³-hybridized carbons (Fsp3) is 0.188. The third-order valence-electron chi connectivity index (χ3n) is 3.38. The Morgan fingerprint density at radius 1 is 1.35 bits per heavy atom. The molecular formula is C16H13FN4O2S3. The van der Waals surface area contributed by atoms with E-state index in [9.17, 15) is 14.0 Å². The average Bonchev–Trinajstić information content (AvgIpc) is 3.11. The van der Waals surface area contributed by atoms with E-state index in [2.05, 4.69) is 15.5 Å². The predicted molar refractivity (Wildman–Crippen MR) is 104 cm³/mol. The largest absolute Gasteiger partial charge is 0.300 e. The molecule has 3 rings (SSSR count). The molecule has 2 amide bonds. The van der Waals surface area contributed by atoms with Crippen molar-refractivity contribution in [2.45, 2.75) is 13.3 Å². The number of amides is 2. The summed E-state index contributed by atoms with van der Waals surface area (Å²) in [4.78, 5) is 26.3. The second kappa shape index (κ2) is 8.02. The van der Waals surface area contributed by atoms with Crippen LogP contribution in [0.15, 0.2) is 29.2 Å². The van der Waals surface area contributed by atoms with Gasteiger partial charge in [-0.1, -0.05) is 47.4 Å². The van der Waals surface area contributed by atoms with Crippen LogP contribution in [0.25, 0.3) is 6.08 Å². The van der Waals surface area contributed by atoms with Gasteiger partial charge in [0.25, 0.3) is 5.91 Å². The molecule has 6 nitrogen and oxygen atoms in total. The Kier molecular flexibility index (Phi) is 5.74. The maximum atomic E-state index is 13.0. The van der Waals surface area contributed by atoms with Gasteiger partial charge in [0, 0.05) is 13.0 Å². The summed E-state index contributed by atoms with van der Waals surface area (Å²) in [5, 5.41) is 11.5. The quantitative estimate of drug-likeness (QED) is 0.605. The van der Waals surface area contributed by atoms with Crippen LogP contribution in [0.1, 0.15) is 17.0 Å². The molecule has 0 unspecified atom stereocenters. The molecule has 134 valence electrons. The number of aryl methyl sites for hydroxylation is 1. The average molecular weight is 409 g/mol. The molecule has 1 aromatic heterocycles. The molecule has 1 fully saturated rings. The number of carbonyl (C=O) groups excluding carboxylic acids is 2. The normalized spacial score (nSPS) is 15.8. The zero-order chi connectivity index (χ0) is 18.7. The summed E-state index contributed by atoms with van der Waals surface area (Å²) in [6.07, 6.45) is 1.75. The second-order valence-corrected chi connectivity index (χ2v) is 8.17. The first-order chi connectivity index (χ1) is 12.4. The molecule has 0 radical (unpaired) electrons. The highest BCUT2D eigenvalue weighted by Crippen LogP contribution is 2.32. The van der Waals surface area contributed by atoms with Crippen LogP contribution in [0.3, 0.4) is 0 Å². The number of halogens is 1. The van der Waals surface area contributed by atoms with Crippen LogP contribution in [0.4, 0.5) is 9.52 Å². The lowest BCUT2D eigenvalue weighted by molar-refractivity contribution is -0.122. The summed E-state index contributed by atoms with van der Waals surface area (Å²) < 4.78 is 13.4. The van der Waals surface area contributed by atoms with Crippen molar-refractivity contribution < 1.29 is 14.0 Å². The van der Waals surface area contributed by atoms with E-state index in [1.807, 2.05) is 0 Å². The van der Waals surface area contributed by atoms with Crippen LogP contribution < -0.4 is 5.32 Å². The lowest BCUT2D eigenvalue weighted by Crippen LogP contribution is -2.31. The van der Waals surface area contributed by atoms with Crippen molar-refractivity contribution in [3.8, 4) is 0 Å². The first-order valence-electron chi connectivity index (χ1n) is 7.53. The molecule has 0 spiro atoms. The van der Waals surface area contributed by atoms with Crippen molar-refractivity contribution >= 4 is 62.7 Å². The number of aromatic nitrogens is 2. The molecule has 26 heavy (non-hydrogen) atoms. The molecule has 2 heterocycles. The van der Waals surface area contributed by atoms with Gasteiger partial charge < -0.3 is 5.32 Å². The zero-order valence-corrected chi connectivity index (χ0v) is 16.0. The van der Waals surface area contributed by atoms with Crippen LogP contribution in [-0.2, 0) is 9.59 Å². The van der Waals surface area contributed by atoms with E-state index in [-0.39, 0.29) is 30.6 Å². The smallest absolute Gasteiger partial charge is 0.266 e. The van der Waals surface area contributed by atoms with Gasteiger partial charge in [0.2, 0.25) is 11.0 Å². The fourth-order valence-corrected chi connectivity index (χ4v) is 4.06. The maximum Gasteiger partial charge on any atom is 0.266 e. The number of hydrogen-bond donors (Lipinski definition) is 1. The van der Waals surface area contributed by atoms with E-state index < -0.39 is 0 Å². The van der Waals surface area contributed by atoms with Crippen LogP contribution in [0.5, 0.6) is 0 Å². The van der Waals surface area contributed by atoms with Crippen molar-refractivity contribution in [2.24, 2.45) is 0 Å². The second-order valence-electron chi connectivity index (χ2n) is 5.31. The number of nitrogens with zero attached hydrogens (tertiary/aromatic N) is 3. The van der Waals surface area contributed by atoms with Crippen LogP contribution in [0.2, 0.25) is 0 Å². The van der Waals surface area contributed by atoms with Crippen molar-refractivity contribution in [2.75, 3.05) is 11.9 Å². The minimum Gasteiger partial charge on any atom is -0.300 e. The highest BCUT2D eigenvalue weighted by Gasteiger charge is 2.32.